The SMILES string of the molecule is NC(COCCS(=O)(=O)c1ccc(Br)cc1)Cc1ccccc1. The van der Waals surface area contributed by atoms with E-state index in [0.29, 0.717) is 17.9 Å². The standard InChI is InChI=1S/C17H20BrNO3S/c18-15-6-8-17(9-7-15)23(20,21)11-10-22-13-16(19)12-14-4-2-1-3-5-14/h1-9,16H,10-13,19H2. The molecule has 0 fully saturated rings. The topological polar surface area (TPSA) is 69.4 Å². The smallest absolute Gasteiger partial charge is 0.180 e. The second-order valence-electron chi connectivity index (χ2n) is 5.30. The third-order valence-corrected chi connectivity index (χ3v) is 5.56. The van der Waals surface area contributed by atoms with Crippen molar-refractivity contribution in [3.63, 3.8) is 0 Å². The van der Waals surface area contributed by atoms with Crippen molar-refractivity contribution in [2.24, 2.45) is 5.73 Å². The molecule has 23 heavy (non-hydrogen) atoms. The van der Waals surface area contributed by atoms with E-state index in [-0.39, 0.29) is 18.4 Å². The van der Waals surface area contributed by atoms with Crippen molar-refractivity contribution < 1.29 is 13.2 Å². The molecular weight excluding hydrogens is 378 g/mol. The molecule has 0 amide bonds. The maximum atomic E-state index is 12.2. The number of nitrogens with two attached hydrogens (primary N) is 1. The quantitative estimate of drug-likeness (QED) is 0.695. The van der Waals surface area contributed by atoms with Gasteiger partial charge in [-0.1, -0.05) is 46.3 Å². The Kier molecular flexibility index (Phi) is 6.77. The van der Waals surface area contributed by atoms with Crippen LogP contribution < -0.4 is 5.73 Å². The highest BCUT2D eigenvalue weighted by molar-refractivity contribution is 9.10. The third-order valence-electron chi connectivity index (χ3n) is 3.34. The van der Waals surface area contributed by atoms with Gasteiger partial charge in [0.1, 0.15) is 0 Å². The molecule has 2 aromatic rings. The number of ether oxygens (including phenoxy) is 1. The lowest BCUT2D eigenvalue weighted by molar-refractivity contribution is 0.134. The lowest BCUT2D eigenvalue weighted by atomic mass is 10.1. The Morgan fingerprint density at radius 1 is 1.04 bits per heavy atom. The number of sulfone groups is 1. The van der Waals surface area contributed by atoms with Crippen molar-refractivity contribution >= 4 is 25.8 Å². The molecule has 0 bridgehead atoms. The highest BCUT2D eigenvalue weighted by atomic mass is 79.9. The second kappa shape index (κ2) is 8.59. The average Bonchev–Trinajstić information content (AvgIpc) is 2.53. The van der Waals surface area contributed by atoms with Crippen molar-refractivity contribution in [2.75, 3.05) is 19.0 Å². The van der Waals surface area contributed by atoms with Gasteiger partial charge in [0.05, 0.1) is 23.9 Å². The van der Waals surface area contributed by atoms with Gasteiger partial charge in [0, 0.05) is 10.5 Å². The lowest BCUT2D eigenvalue weighted by Crippen LogP contribution is -2.29. The summed E-state index contributed by atoms with van der Waals surface area (Å²) in [7, 11) is -3.32. The Morgan fingerprint density at radius 3 is 2.35 bits per heavy atom. The minimum atomic E-state index is -3.32. The minimum absolute atomic E-state index is 0.0489. The van der Waals surface area contributed by atoms with Crippen LogP contribution in [0.3, 0.4) is 0 Å². The van der Waals surface area contributed by atoms with Gasteiger partial charge >= 0.3 is 0 Å². The predicted octanol–water partition coefficient (Wildman–Crippen LogP) is 2.81. The second-order valence-corrected chi connectivity index (χ2v) is 8.32. The molecule has 0 spiro atoms. The Balaban J connectivity index is 1.75. The highest BCUT2D eigenvalue weighted by Gasteiger charge is 2.14. The number of benzene rings is 2. The summed E-state index contributed by atoms with van der Waals surface area (Å²) >= 11 is 3.29. The fourth-order valence-corrected chi connectivity index (χ4v) is 3.53. The molecule has 1 atom stereocenters. The fourth-order valence-electron chi connectivity index (χ4n) is 2.14. The summed E-state index contributed by atoms with van der Waals surface area (Å²) in [4.78, 5) is 0.304. The summed E-state index contributed by atoms with van der Waals surface area (Å²) in [5.41, 5.74) is 7.15. The van der Waals surface area contributed by atoms with E-state index in [9.17, 15) is 8.42 Å². The first-order valence-electron chi connectivity index (χ1n) is 7.33. The molecule has 2 aromatic carbocycles. The molecule has 0 aromatic heterocycles. The summed E-state index contributed by atoms with van der Waals surface area (Å²) in [6, 6.07) is 16.4. The largest absolute Gasteiger partial charge is 0.379 e. The van der Waals surface area contributed by atoms with Crippen LogP contribution in [0.5, 0.6) is 0 Å². The monoisotopic (exact) mass is 397 g/mol. The first-order valence-corrected chi connectivity index (χ1v) is 9.77. The highest BCUT2D eigenvalue weighted by Crippen LogP contribution is 2.15. The van der Waals surface area contributed by atoms with Gasteiger partial charge in [0.25, 0.3) is 0 Å². The molecule has 6 heteroatoms. The molecule has 124 valence electrons. The van der Waals surface area contributed by atoms with Crippen LogP contribution in [0, 0.1) is 0 Å². The van der Waals surface area contributed by atoms with E-state index in [1.807, 2.05) is 30.3 Å². The van der Waals surface area contributed by atoms with Crippen LogP contribution in [0.4, 0.5) is 0 Å². The zero-order valence-electron chi connectivity index (χ0n) is 12.7. The molecule has 0 aliphatic carbocycles. The molecule has 0 saturated carbocycles. The zero-order chi connectivity index (χ0) is 16.7. The van der Waals surface area contributed by atoms with Gasteiger partial charge in [-0.25, -0.2) is 8.42 Å². The normalized spacial score (nSPS) is 13.0. The van der Waals surface area contributed by atoms with Crippen LogP contribution in [0.2, 0.25) is 0 Å². The molecule has 1 unspecified atom stereocenters. The number of hydrogen-bond acceptors (Lipinski definition) is 4. The molecule has 0 radical (unpaired) electrons. The van der Waals surface area contributed by atoms with Gasteiger partial charge < -0.3 is 10.5 Å². The molecular formula is C17H20BrNO3S. The lowest BCUT2D eigenvalue weighted by Gasteiger charge is -2.12. The predicted molar refractivity (Wildman–Crippen MR) is 95.1 cm³/mol. The van der Waals surface area contributed by atoms with Crippen LogP contribution in [-0.2, 0) is 21.0 Å². The van der Waals surface area contributed by atoms with Gasteiger partial charge in [-0.05, 0) is 36.2 Å². The summed E-state index contributed by atoms with van der Waals surface area (Å²) in [6.07, 6.45) is 0.709. The average molecular weight is 398 g/mol. The first-order chi connectivity index (χ1) is 11.0. The van der Waals surface area contributed by atoms with E-state index in [1.54, 1.807) is 24.3 Å². The van der Waals surface area contributed by atoms with Crippen molar-refractivity contribution in [3.05, 3.63) is 64.6 Å². The van der Waals surface area contributed by atoms with Gasteiger partial charge in [0.2, 0.25) is 0 Å². The Hall–Kier alpha value is -1.21. The molecule has 0 heterocycles. The molecule has 0 aliphatic rings. The summed E-state index contributed by atoms with van der Waals surface area (Å²) in [6.45, 7) is 0.478. The molecule has 2 rings (SSSR count). The van der Waals surface area contributed by atoms with Crippen LogP contribution >= 0.6 is 15.9 Å². The molecule has 0 saturated heterocycles. The Bertz CT molecular complexity index is 702. The first kappa shape index (κ1) is 18.1. The van der Waals surface area contributed by atoms with E-state index in [0.717, 1.165) is 10.0 Å². The number of hydrogen-bond donors (Lipinski definition) is 1. The van der Waals surface area contributed by atoms with Crippen LogP contribution in [0.1, 0.15) is 5.56 Å². The van der Waals surface area contributed by atoms with Crippen LogP contribution in [0.25, 0.3) is 0 Å². The Morgan fingerprint density at radius 2 is 1.70 bits per heavy atom. The molecule has 2 N–H and O–H groups in total. The van der Waals surface area contributed by atoms with E-state index in [2.05, 4.69) is 15.9 Å². The fraction of sp³-hybridized carbons (Fsp3) is 0.294. The van der Waals surface area contributed by atoms with Crippen molar-refractivity contribution in [1.82, 2.24) is 0 Å². The van der Waals surface area contributed by atoms with Crippen LogP contribution in [-0.4, -0.2) is 33.4 Å². The van der Waals surface area contributed by atoms with Gasteiger partial charge in [-0.15, -0.1) is 0 Å². The van der Waals surface area contributed by atoms with E-state index < -0.39 is 9.84 Å². The van der Waals surface area contributed by atoms with Crippen molar-refractivity contribution in [1.29, 1.82) is 0 Å². The van der Waals surface area contributed by atoms with Crippen molar-refractivity contribution in [2.45, 2.75) is 17.4 Å². The van der Waals surface area contributed by atoms with Crippen LogP contribution in [0.15, 0.2) is 64.0 Å². The zero-order valence-corrected chi connectivity index (χ0v) is 15.1. The van der Waals surface area contributed by atoms with Gasteiger partial charge in [-0.3, -0.25) is 0 Å². The third kappa shape index (κ3) is 6.06. The van der Waals surface area contributed by atoms with E-state index in [1.165, 1.54) is 0 Å². The van der Waals surface area contributed by atoms with Crippen molar-refractivity contribution in [3.8, 4) is 0 Å². The maximum Gasteiger partial charge on any atom is 0.180 e. The molecule has 4 nitrogen and oxygen atoms in total. The minimum Gasteiger partial charge on any atom is -0.379 e. The van der Waals surface area contributed by atoms with E-state index in [4.69, 9.17) is 10.5 Å². The number of halogens is 1. The molecule has 0 aliphatic heterocycles. The van der Waals surface area contributed by atoms with Gasteiger partial charge in [-0.2, -0.15) is 0 Å². The summed E-state index contributed by atoms with van der Waals surface area (Å²) < 4.78 is 30.6. The summed E-state index contributed by atoms with van der Waals surface area (Å²) in [5.74, 6) is -0.0489. The maximum absolute atomic E-state index is 12.2. The number of rotatable bonds is 8. The Labute approximate surface area is 145 Å². The van der Waals surface area contributed by atoms with Gasteiger partial charge in [0.15, 0.2) is 9.84 Å². The summed E-state index contributed by atoms with van der Waals surface area (Å²) in [5, 5.41) is 0. The van der Waals surface area contributed by atoms with E-state index >= 15 is 0 Å².